The third kappa shape index (κ3) is 3.55. The zero-order valence-electron chi connectivity index (χ0n) is 16.5. The third-order valence-electron chi connectivity index (χ3n) is 5.42. The Morgan fingerprint density at radius 1 is 1.00 bits per heavy atom. The highest BCUT2D eigenvalue weighted by Gasteiger charge is 2.23. The van der Waals surface area contributed by atoms with Crippen molar-refractivity contribution in [1.82, 2.24) is 9.97 Å². The highest BCUT2D eigenvalue weighted by molar-refractivity contribution is 5.92. The largest absolute Gasteiger partial charge is 0.298 e. The van der Waals surface area contributed by atoms with Gasteiger partial charge in [0.15, 0.2) is 5.82 Å². The lowest BCUT2D eigenvalue weighted by Crippen LogP contribution is -2.29. The maximum absolute atomic E-state index is 12.8. The quantitative estimate of drug-likeness (QED) is 0.668. The molecule has 0 saturated heterocycles. The summed E-state index contributed by atoms with van der Waals surface area (Å²) in [6.07, 6.45) is 3.77. The molecular formula is C24H25N3O. The number of hydrogen-bond acceptors (Lipinski definition) is 3. The third-order valence-corrected chi connectivity index (χ3v) is 5.42. The van der Waals surface area contributed by atoms with E-state index in [1.165, 1.54) is 16.7 Å². The minimum absolute atomic E-state index is 0.0732. The number of nitrogens with zero attached hydrogens (tertiary/aromatic N) is 3. The van der Waals surface area contributed by atoms with Gasteiger partial charge in [0.05, 0.1) is 17.1 Å². The average molecular weight is 371 g/mol. The summed E-state index contributed by atoms with van der Waals surface area (Å²) in [5, 5.41) is 0. The van der Waals surface area contributed by atoms with Crippen molar-refractivity contribution in [3.8, 4) is 11.3 Å². The van der Waals surface area contributed by atoms with Gasteiger partial charge in [-0.3, -0.25) is 9.69 Å². The van der Waals surface area contributed by atoms with Crippen molar-refractivity contribution < 1.29 is 4.79 Å². The van der Waals surface area contributed by atoms with Crippen molar-refractivity contribution in [1.29, 1.82) is 0 Å². The summed E-state index contributed by atoms with van der Waals surface area (Å²) in [7, 11) is 1.82. The highest BCUT2D eigenvalue weighted by Crippen LogP contribution is 2.33. The summed E-state index contributed by atoms with van der Waals surface area (Å²) in [6, 6.07) is 18.5. The molecule has 0 spiro atoms. The van der Waals surface area contributed by atoms with E-state index < -0.39 is 0 Å². The second-order valence-electron chi connectivity index (χ2n) is 7.24. The molecule has 2 aromatic carbocycles. The van der Waals surface area contributed by atoms with Crippen molar-refractivity contribution in [3.05, 3.63) is 77.1 Å². The van der Waals surface area contributed by atoms with E-state index in [4.69, 9.17) is 9.97 Å². The molecule has 1 heterocycles. The molecule has 1 aliphatic rings. The van der Waals surface area contributed by atoms with Gasteiger partial charge in [-0.15, -0.1) is 0 Å². The zero-order valence-corrected chi connectivity index (χ0v) is 16.5. The molecule has 28 heavy (non-hydrogen) atoms. The number of aryl methyl sites for hydroxylation is 4. The van der Waals surface area contributed by atoms with Gasteiger partial charge < -0.3 is 0 Å². The predicted molar refractivity (Wildman–Crippen MR) is 112 cm³/mol. The molecule has 3 aromatic rings. The predicted octanol–water partition coefficient (Wildman–Crippen LogP) is 4.40. The smallest absolute Gasteiger partial charge is 0.228 e. The molecule has 0 unspecified atom stereocenters. The van der Waals surface area contributed by atoms with Crippen LogP contribution >= 0.6 is 0 Å². The van der Waals surface area contributed by atoms with E-state index in [-0.39, 0.29) is 5.91 Å². The van der Waals surface area contributed by atoms with Crippen LogP contribution in [0, 0.1) is 0 Å². The fraction of sp³-hybridized carbons (Fsp3) is 0.292. The normalized spacial score (nSPS) is 12.2. The molecule has 142 valence electrons. The monoisotopic (exact) mass is 371 g/mol. The molecule has 0 radical (unpaired) electrons. The van der Waals surface area contributed by atoms with Crippen LogP contribution in [0.1, 0.15) is 35.9 Å². The highest BCUT2D eigenvalue weighted by atomic mass is 16.2. The van der Waals surface area contributed by atoms with Gasteiger partial charge in [-0.1, -0.05) is 61.5 Å². The standard InChI is InChI=1S/C24H25N3O/c1-3-20-24(27(2)22(28)16-13-17-9-5-4-6-10-17)26-21-15-14-18-11-7-8-12-19(18)23(21)25-20/h4-12H,3,13-16H2,1-2H3. The van der Waals surface area contributed by atoms with E-state index in [1.54, 1.807) is 4.90 Å². The lowest BCUT2D eigenvalue weighted by atomic mass is 9.91. The van der Waals surface area contributed by atoms with Gasteiger partial charge in [0.2, 0.25) is 5.91 Å². The molecule has 0 bridgehead atoms. The Hall–Kier alpha value is -3.01. The molecule has 0 aliphatic heterocycles. The summed E-state index contributed by atoms with van der Waals surface area (Å²) >= 11 is 0. The van der Waals surface area contributed by atoms with Crippen LogP contribution in [0.25, 0.3) is 11.3 Å². The molecular weight excluding hydrogens is 346 g/mol. The molecule has 0 saturated carbocycles. The van der Waals surface area contributed by atoms with Crippen LogP contribution in [0.15, 0.2) is 54.6 Å². The second kappa shape index (κ2) is 7.93. The van der Waals surface area contributed by atoms with Gasteiger partial charge in [-0.05, 0) is 36.8 Å². The van der Waals surface area contributed by atoms with Gasteiger partial charge >= 0.3 is 0 Å². The maximum atomic E-state index is 12.8. The Labute approximate surface area is 166 Å². The topological polar surface area (TPSA) is 46.1 Å². The van der Waals surface area contributed by atoms with E-state index in [0.29, 0.717) is 12.2 Å². The van der Waals surface area contributed by atoms with Crippen LogP contribution < -0.4 is 4.90 Å². The number of rotatable bonds is 5. The van der Waals surface area contributed by atoms with Gasteiger partial charge in [-0.2, -0.15) is 0 Å². The lowest BCUT2D eigenvalue weighted by molar-refractivity contribution is -0.118. The first-order valence-electron chi connectivity index (χ1n) is 9.96. The molecule has 4 nitrogen and oxygen atoms in total. The fourth-order valence-electron chi connectivity index (χ4n) is 3.79. The maximum Gasteiger partial charge on any atom is 0.228 e. The Morgan fingerprint density at radius 2 is 1.75 bits per heavy atom. The minimum Gasteiger partial charge on any atom is -0.298 e. The summed E-state index contributed by atoms with van der Waals surface area (Å²) in [5.41, 5.74) is 6.53. The van der Waals surface area contributed by atoms with Crippen LogP contribution in [-0.2, 0) is 30.5 Å². The van der Waals surface area contributed by atoms with Gasteiger partial charge in [-0.25, -0.2) is 9.97 Å². The molecule has 1 amide bonds. The molecule has 4 heteroatoms. The first-order valence-corrected chi connectivity index (χ1v) is 9.96. The number of amides is 1. The number of hydrogen-bond donors (Lipinski definition) is 0. The average Bonchev–Trinajstić information content (AvgIpc) is 2.76. The van der Waals surface area contributed by atoms with Crippen molar-refractivity contribution in [2.45, 2.75) is 39.0 Å². The summed E-state index contributed by atoms with van der Waals surface area (Å²) in [5.74, 6) is 0.780. The van der Waals surface area contributed by atoms with Gasteiger partial charge in [0.25, 0.3) is 0 Å². The van der Waals surface area contributed by atoms with E-state index in [0.717, 1.165) is 42.8 Å². The van der Waals surface area contributed by atoms with Crippen LogP contribution in [0.4, 0.5) is 5.82 Å². The first kappa shape index (κ1) is 18.4. The van der Waals surface area contributed by atoms with E-state index in [1.807, 2.05) is 31.3 Å². The van der Waals surface area contributed by atoms with Crippen LogP contribution in [0.3, 0.4) is 0 Å². The number of fused-ring (bicyclic) bond motifs is 3. The Kier molecular flexibility index (Phi) is 5.20. The van der Waals surface area contributed by atoms with E-state index >= 15 is 0 Å². The fourth-order valence-corrected chi connectivity index (χ4v) is 3.79. The van der Waals surface area contributed by atoms with Crippen molar-refractivity contribution in [3.63, 3.8) is 0 Å². The number of carbonyl (C=O) groups is 1. The number of aromatic nitrogens is 2. The molecule has 1 aromatic heterocycles. The van der Waals surface area contributed by atoms with Crippen molar-refractivity contribution >= 4 is 11.7 Å². The van der Waals surface area contributed by atoms with Crippen molar-refractivity contribution in [2.75, 3.05) is 11.9 Å². The number of anilines is 1. The zero-order chi connectivity index (χ0) is 19.5. The second-order valence-corrected chi connectivity index (χ2v) is 7.24. The van der Waals surface area contributed by atoms with Gasteiger partial charge in [0, 0.05) is 19.0 Å². The number of benzene rings is 2. The summed E-state index contributed by atoms with van der Waals surface area (Å²) in [6.45, 7) is 2.07. The first-order chi connectivity index (χ1) is 13.7. The van der Waals surface area contributed by atoms with Crippen LogP contribution in [0.2, 0.25) is 0 Å². The molecule has 4 rings (SSSR count). The Balaban J connectivity index is 1.60. The van der Waals surface area contributed by atoms with E-state index in [9.17, 15) is 4.79 Å². The Bertz CT molecular complexity index is 998. The van der Waals surface area contributed by atoms with Crippen molar-refractivity contribution in [2.24, 2.45) is 0 Å². The summed E-state index contributed by atoms with van der Waals surface area (Å²) < 4.78 is 0. The molecule has 1 aliphatic carbocycles. The van der Waals surface area contributed by atoms with Crippen LogP contribution in [-0.4, -0.2) is 22.9 Å². The summed E-state index contributed by atoms with van der Waals surface area (Å²) in [4.78, 5) is 24.3. The SMILES string of the molecule is CCc1nc2c(nc1N(C)C(=O)CCc1ccccc1)CCc1ccccc1-2. The minimum atomic E-state index is 0.0732. The Morgan fingerprint density at radius 3 is 2.54 bits per heavy atom. The van der Waals surface area contributed by atoms with Crippen LogP contribution in [0.5, 0.6) is 0 Å². The van der Waals surface area contributed by atoms with E-state index in [2.05, 4.69) is 37.3 Å². The molecule has 0 atom stereocenters. The molecule has 0 N–H and O–H groups in total. The molecule has 0 fully saturated rings. The number of carbonyl (C=O) groups excluding carboxylic acids is 1. The van der Waals surface area contributed by atoms with Gasteiger partial charge in [0.1, 0.15) is 0 Å². The lowest BCUT2D eigenvalue weighted by Gasteiger charge is -2.24.